The number of hydrogen-bond donors (Lipinski definition) is 0. The maximum atomic E-state index is 13.5. The van der Waals surface area contributed by atoms with E-state index in [-0.39, 0.29) is 23.7 Å². The minimum atomic E-state index is -0.0564. The summed E-state index contributed by atoms with van der Waals surface area (Å²) in [5, 5.41) is 0. The third-order valence-electron chi connectivity index (χ3n) is 6.89. The Hall–Kier alpha value is -3.02. The van der Waals surface area contributed by atoms with Gasteiger partial charge in [0, 0.05) is 23.6 Å². The molecule has 3 aromatic rings. The molecule has 0 atom stereocenters. The van der Waals surface area contributed by atoms with E-state index in [0.29, 0.717) is 22.8 Å². The van der Waals surface area contributed by atoms with E-state index in [1.165, 1.54) is 17.7 Å². The molecule has 2 aliphatic carbocycles. The summed E-state index contributed by atoms with van der Waals surface area (Å²) in [7, 11) is 0. The predicted octanol–water partition coefficient (Wildman–Crippen LogP) is 5.91. The zero-order valence-electron chi connectivity index (χ0n) is 18.3. The first-order valence-electron chi connectivity index (χ1n) is 11.9. The third kappa shape index (κ3) is 4.18. The van der Waals surface area contributed by atoms with Crippen molar-refractivity contribution in [3.05, 3.63) is 42.6 Å². The second-order valence-corrected chi connectivity index (χ2v) is 9.07. The number of rotatable bonds is 4. The molecule has 0 unspecified atom stereocenters. The van der Waals surface area contributed by atoms with Crippen LogP contribution in [0.3, 0.4) is 0 Å². The Labute approximate surface area is 188 Å². The number of imide groups is 1. The molecule has 166 valence electrons. The van der Waals surface area contributed by atoms with Crippen molar-refractivity contribution in [2.45, 2.75) is 64.2 Å². The standard InChI is InChI=1S/C26H29N3O3/c30-25(19-8-3-1-4-9-19)29(26(31)20-10-5-2-6-11-20)21-15-13-18(14-16-21)24-28-23-22(32-24)12-7-17-27-23/h7,12-17,19-20H,1-6,8-11H2. The van der Waals surface area contributed by atoms with Crippen LogP contribution < -0.4 is 4.90 Å². The zero-order chi connectivity index (χ0) is 21.9. The first kappa shape index (κ1) is 20.9. The van der Waals surface area contributed by atoms with Gasteiger partial charge in [-0.15, -0.1) is 0 Å². The molecular formula is C26H29N3O3. The summed E-state index contributed by atoms with van der Waals surface area (Å²) in [6.45, 7) is 0. The van der Waals surface area contributed by atoms with Crippen molar-refractivity contribution in [1.82, 2.24) is 9.97 Å². The molecule has 0 radical (unpaired) electrons. The number of pyridine rings is 1. The van der Waals surface area contributed by atoms with E-state index in [9.17, 15) is 9.59 Å². The smallest absolute Gasteiger partial charge is 0.236 e. The molecule has 5 rings (SSSR count). The van der Waals surface area contributed by atoms with Gasteiger partial charge in [-0.1, -0.05) is 38.5 Å². The van der Waals surface area contributed by atoms with Crippen molar-refractivity contribution >= 4 is 28.7 Å². The summed E-state index contributed by atoms with van der Waals surface area (Å²) in [5.41, 5.74) is 2.64. The van der Waals surface area contributed by atoms with Gasteiger partial charge in [-0.3, -0.25) is 14.5 Å². The van der Waals surface area contributed by atoms with E-state index in [4.69, 9.17) is 4.42 Å². The highest BCUT2D eigenvalue weighted by molar-refractivity contribution is 6.16. The first-order chi connectivity index (χ1) is 15.7. The number of carbonyl (C=O) groups is 2. The Morgan fingerprint density at radius 3 is 1.97 bits per heavy atom. The molecule has 0 N–H and O–H groups in total. The van der Waals surface area contributed by atoms with Crippen molar-refractivity contribution in [1.29, 1.82) is 0 Å². The third-order valence-corrected chi connectivity index (χ3v) is 6.89. The van der Waals surface area contributed by atoms with Gasteiger partial charge in [0.25, 0.3) is 0 Å². The number of amides is 2. The van der Waals surface area contributed by atoms with Crippen LogP contribution >= 0.6 is 0 Å². The largest absolute Gasteiger partial charge is 0.434 e. The number of anilines is 1. The van der Waals surface area contributed by atoms with Crippen molar-refractivity contribution in [2.75, 3.05) is 4.90 Å². The maximum Gasteiger partial charge on any atom is 0.236 e. The molecule has 2 aromatic heterocycles. The molecule has 2 heterocycles. The molecule has 1 aromatic carbocycles. The normalized spacial score (nSPS) is 18.0. The Kier molecular flexibility index (Phi) is 6.02. The summed E-state index contributed by atoms with van der Waals surface area (Å²) >= 11 is 0. The monoisotopic (exact) mass is 431 g/mol. The van der Waals surface area contributed by atoms with Gasteiger partial charge in [0.2, 0.25) is 17.7 Å². The van der Waals surface area contributed by atoms with Gasteiger partial charge in [0.05, 0.1) is 5.69 Å². The van der Waals surface area contributed by atoms with Gasteiger partial charge in [-0.25, -0.2) is 4.98 Å². The van der Waals surface area contributed by atoms with Crippen molar-refractivity contribution in [2.24, 2.45) is 11.8 Å². The van der Waals surface area contributed by atoms with Gasteiger partial charge in [0.15, 0.2) is 11.2 Å². The Morgan fingerprint density at radius 2 is 1.41 bits per heavy atom. The topological polar surface area (TPSA) is 76.3 Å². The Balaban J connectivity index is 1.44. The van der Waals surface area contributed by atoms with Crippen LogP contribution in [0.4, 0.5) is 5.69 Å². The maximum absolute atomic E-state index is 13.5. The Morgan fingerprint density at radius 1 is 0.812 bits per heavy atom. The van der Waals surface area contributed by atoms with Crippen LogP contribution in [-0.4, -0.2) is 21.8 Å². The lowest BCUT2D eigenvalue weighted by molar-refractivity contribution is -0.131. The molecule has 0 bridgehead atoms. The van der Waals surface area contributed by atoms with Crippen LogP contribution in [0.5, 0.6) is 0 Å². The van der Waals surface area contributed by atoms with E-state index in [1.807, 2.05) is 36.4 Å². The molecule has 2 fully saturated rings. The zero-order valence-corrected chi connectivity index (χ0v) is 18.3. The van der Waals surface area contributed by atoms with Crippen LogP contribution in [0.15, 0.2) is 47.0 Å². The summed E-state index contributed by atoms with van der Waals surface area (Å²) < 4.78 is 5.82. The van der Waals surface area contributed by atoms with E-state index in [0.717, 1.165) is 56.9 Å². The van der Waals surface area contributed by atoms with Crippen LogP contribution in [-0.2, 0) is 9.59 Å². The first-order valence-corrected chi connectivity index (χ1v) is 11.9. The fraction of sp³-hybridized carbons (Fsp3) is 0.462. The van der Waals surface area contributed by atoms with Crippen LogP contribution in [0.1, 0.15) is 64.2 Å². The highest BCUT2D eigenvalue weighted by Crippen LogP contribution is 2.33. The van der Waals surface area contributed by atoms with Gasteiger partial charge in [0.1, 0.15) is 0 Å². The number of carbonyl (C=O) groups excluding carboxylic acids is 2. The average Bonchev–Trinajstić information content (AvgIpc) is 3.30. The second kappa shape index (κ2) is 9.23. The molecular weight excluding hydrogens is 402 g/mol. The number of oxazole rings is 1. The van der Waals surface area contributed by atoms with Gasteiger partial charge in [-0.2, -0.15) is 4.98 Å². The van der Waals surface area contributed by atoms with E-state index in [2.05, 4.69) is 9.97 Å². The van der Waals surface area contributed by atoms with Gasteiger partial charge < -0.3 is 4.42 Å². The molecule has 2 amide bonds. The highest BCUT2D eigenvalue weighted by atomic mass is 16.3. The van der Waals surface area contributed by atoms with E-state index in [1.54, 1.807) is 6.20 Å². The molecule has 2 saturated carbocycles. The second-order valence-electron chi connectivity index (χ2n) is 9.07. The summed E-state index contributed by atoms with van der Waals surface area (Å²) in [4.78, 5) is 37.2. The molecule has 0 saturated heterocycles. The number of hydrogen-bond acceptors (Lipinski definition) is 5. The van der Waals surface area contributed by atoms with Crippen molar-refractivity contribution in [3.63, 3.8) is 0 Å². The minimum Gasteiger partial charge on any atom is -0.434 e. The SMILES string of the molecule is O=C(C1CCCCC1)N(C(=O)C1CCCCC1)c1ccc(-c2nc3ncccc3o2)cc1. The number of aromatic nitrogens is 2. The highest BCUT2D eigenvalue weighted by Gasteiger charge is 2.35. The van der Waals surface area contributed by atoms with Gasteiger partial charge >= 0.3 is 0 Å². The number of benzene rings is 1. The lowest BCUT2D eigenvalue weighted by Crippen LogP contribution is -2.45. The minimum absolute atomic E-state index is 0.0286. The molecule has 6 heteroatoms. The quantitative estimate of drug-likeness (QED) is 0.480. The number of fused-ring (bicyclic) bond motifs is 1. The van der Waals surface area contributed by atoms with Gasteiger partial charge in [-0.05, 0) is 62.1 Å². The van der Waals surface area contributed by atoms with E-state index >= 15 is 0 Å². The molecule has 6 nitrogen and oxygen atoms in total. The van der Waals surface area contributed by atoms with Crippen molar-refractivity contribution < 1.29 is 14.0 Å². The van der Waals surface area contributed by atoms with Crippen LogP contribution in [0.2, 0.25) is 0 Å². The van der Waals surface area contributed by atoms with Crippen LogP contribution in [0.25, 0.3) is 22.7 Å². The van der Waals surface area contributed by atoms with Crippen LogP contribution in [0, 0.1) is 11.8 Å². The lowest BCUT2D eigenvalue weighted by atomic mass is 9.85. The fourth-order valence-electron chi connectivity index (χ4n) is 5.07. The Bertz CT molecular complexity index is 1030. The number of nitrogens with zero attached hydrogens (tertiary/aromatic N) is 3. The van der Waals surface area contributed by atoms with E-state index < -0.39 is 0 Å². The molecule has 0 spiro atoms. The molecule has 0 aliphatic heterocycles. The summed E-state index contributed by atoms with van der Waals surface area (Å²) in [5.74, 6) is 0.311. The lowest BCUT2D eigenvalue weighted by Gasteiger charge is -2.32. The fourth-order valence-corrected chi connectivity index (χ4v) is 5.07. The summed E-state index contributed by atoms with van der Waals surface area (Å²) in [6.07, 6.45) is 11.8. The molecule has 2 aliphatic rings. The predicted molar refractivity (Wildman–Crippen MR) is 123 cm³/mol. The summed E-state index contributed by atoms with van der Waals surface area (Å²) in [6, 6.07) is 11.1. The average molecular weight is 432 g/mol. The van der Waals surface area contributed by atoms with Crippen molar-refractivity contribution in [3.8, 4) is 11.5 Å². The molecule has 32 heavy (non-hydrogen) atoms.